The monoisotopic (exact) mass is 357 g/mol. The van der Waals surface area contributed by atoms with Gasteiger partial charge in [0.1, 0.15) is 15.3 Å². The van der Waals surface area contributed by atoms with Crippen LogP contribution in [-0.2, 0) is 16.1 Å². The molecule has 2 rings (SSSR count). The zero-order valence-corrected chi connectivity index (χ0v) is 15.1. The van der Waals surface area contributed by atoms with Crippen LogP contribution in [0.3, 0.4) is 0 Å². The summed E-state index contributed by atoms with van der Waals surface area (Å²) in [4.78, 5) is 24.5. The van der Waals surface area contributed by atoms with Crippen LogP contribution in [0.15, 0.2) is 29.1 Å². The molecule has 6 nitrogen and oxygen atoms in total. The number of carbonyl (C=O) groups excluding carboxylic acids is 1. The van der Waals surface area contributed by atoms with Crippen molar-refractivity contribution in [3.63, 3.8) is 0 Å². The third kappa shape index (κ3) is 3.98. The van der Waals surface area contributed by atoms with Gasteiger partial charge >= 0.3 is 5.97 Å². The van der Waals surface area contributed by atoms with Crippen molar-refractivity contribution in [1.29, 1.82) is 5.26 Å². The van der Waals surface area contributed by atoms with Gasteiger partial charge in [0.05, 0.1) is 6.61 Å². The number of benzene rings is 1. The van der Waals surface area contributed by atoms with Crippen molar-refractivity contribution in [2.75, 3.05) is 11.9 Å². The Morgan fingerprint density at radius 2 is 2.12 bits per heavy atom. The van der Waals surface area contributed by atoms with Gasteiger partial charge in [-0.1, -0.05) is 18.2 Å². The van der Waals surface area contributed by atoms with Crippen molar-refractivity contribution in [3.8, 4) is 6.07 Å². The second kappa shape index (κ2) is 8.31. The number of carbonyl (C=O) groups is 1. The highest BCUT2D eigenvalue weighted by molar-refractivity contribution is 7.07. The molecule has 2 aromatic rings. The van der Waals surface area contributed by atoms with E-state index in [0.29, 0.717) is 15.7 Å². The Balaban J connectivity index is 2.60. The number of rotatable bonds is 5. The van der Waals surface area contributed by atoms with E-state index in [1.807, 2.05) is 37.3 Å². The summed E-state index contributed by atoms with van der Waals surface area (Å²) in [6.07, 6.45) is 1.60. The largest absolute Gasteiger partial charge is 0.462 e. The molecule has 7 heteroatoms. The number of ether oxygens (including phenoxy) is 1. The van der Waals surface area contributed by atoms with E-state index in [1.54, 1.807) is 20.0 Å². The van der Waals surface area contributed by atoms with Crippen LogP contribution < -0.4 is 20.1 Å². The van der Waals surface area contributed by atoms with Gasteiger partial charge in [0.25, 0.3) is 5.56 Å². The number of hydrogen-bond acceptors (Lipinski definition) is 6. The Labute approximate surface area is 149 Å². The van der Waals surface area contributed by atoms with E-state index in [9.17, 15) is 14.9 Å². The van der Waals surface area contributed by atoms with Crippen molar-refractivity contribution in [2.24, 2.45) is 0 Å². The van der Waals surface area contributed by atoms with Crippen LogP contribution in [0.4, 0.5) is 5.69 Å². The molecule has 0 saturated carbocycles. The van der Waals surface area contributed by atoms with Crippen molar-refractivity contribution >= 4 is 34.8 Å². The number of aromatic nitrogens is 1. The summed E-state index contributed by atoms with van der Waals surface area (Å²) < 4.78 is 7.04. The maximum Gasteiger partial charge on any atom is 0.351 e. The lowest BCUT2D eigenvalue weighted by molar-refractivity contribution is -0.136. The average molecular weight is 357 g/mol. The zero-order valence-electron chi connectivity index (χ0n) is 14.3. The van der Waals surface area contributed by atoms with Gasteiger partial charge in [-0.15, -0.1) is 11.3 Å². The lowest BCUT2D eigenvalue weighted by Crippen LogP contribution is -2.32. The maximum absolute atomic E-state index is 12.6. The summed E-state index contributed by atoms with van der Waals surface area (Å²) in [5, 5.41) is 12.4. The van der Waals surface area contributed by atoms with Gasteiger partial charge in [-0.05, 0) is 32.4 Å². The van der Waals surface area contributed by atoms with Crippen molar-refractivity contribution in [1.82, 2.24) is 4.57 Å². The molecule has 0 bridgehead atoms. The Morgan fingerprint density at radius 1 is 1.40 bits per heavy atom. The quantitative estimate of drug-likeness (QED) is 0.816. The third-order valence-electron chi connectivity index (χ3n) is 3.53. The Morgan fingerprint density at radius 3 is 2.72 bits per heavy atom. The number of para-hydroxylation sites is 1. The van der Waals surface area contributed by atoms with Gasteiger partial charge < -0.3 is 10.1 Å². The number of hydrogen-bond donors (Lipinski definition) is 1. The van der Waals surface area contributed by atoms with E-state index in [1.165, 1.54) is 4.57 Å². The molecule has 0 saturated heterocycles. The maximum atomic E-state index is 12.6. The average Bonchev–Trinajstić information content (AvgIpc) is 2.91. The van der Waals surface area contributed by atoms with Crippen LogP contribution in [0.5, 0.6) is 0 Å². The number of aryl methyl sites for hydroxylation is 1. The molecule has 1 aromatic carbocycles. The molecule has 0 atom stereocenters. The van der Waals surface area contributed by atoms with Crippen molar-refractivity contribution in [2.45, 2.75) is 27.3 Å². The predicted octanol–water partition coefficient (Wildman–Crippen LogP) is 1.33. The smallest absolute Gasteiger partial charge is 0.351 e. The van der Waals surface area contributed by atoms with Crippen LogP contribution >= 0.6 is 11.3 Å². The third-order valence-corrected chi connectivity index (χ3v) is 4.66. The molecule has 130 valence electrons. The number of nitrogens with one attached hydrogen (secondary N) is 1. The minimum atomic E-state index is -0.716. The number of esters is 1. The van der Waals surface area contributed by atoms with Gasteiger partial charge in [0.2, 0.25) is 0 Å². The lowest BCUT2D eigenvalue weighted by atomic mass is 10.2. The number of nitriles is 1. The molecule has 0 amide bonds. The fraction of sp³-hybridized carbons (Fsp3) is 0.278. The summed E-state index contributed by atoms with van der Waals surface area (Å²) in [6.45, 7) is 5.94. The first-order valence-corrected chi connectivity index (χ1v) is 8.68. The lowest BCUT2D eigenvalue weighted by Gasteiger charge is -2.02. The van der Waals surface area contributed by atoms with Gasteiger partial charge in [-0.3, -0.25) is 9.36 Å². The molecule has 1 N–H and O–H groups in total. The van der Waals surface area contributed by atoms with E-state index in [0.717, 1.165) is 22.6 Å². The fourth-order valence-electron chi connectivity index (χ4n) is 2.25. The summed E-state index contributed by atoms with van der Waals surface area (Å²) in [5.41, 5.74) is 1.53. The summed E-state index contributed by atoms with van der Waals surface area (Å²) in [6, 6.07) is 9.56. The van der Waals surface area contributed by atoms with Gasteiger partial charge in [-0.25, -0.2) is 4.79 Å². The highest BCUT2D eigenvalue weighted by Crippen LogP contribution is 2.12. The molecule has 0 unspecified atom stereocenters. The van der Waals surface area contributed by atoms with Gasteiger partial charge in [0, 0.05) is 18.4 Å². The van der Waals surface area contributed by atoms with Crippen LogP contribution in [0.1, 0.15) is 19.4 Å². The molecule has 1 heterocycles. The molecule has 25 heavy (non-hydrogen) atoms. The van der Waals surface area contributed by atoms with E-state index < -0.39 is 5.97 Å². The SMILES string of the molecule is CCOC(=O)/C(C#N)=c1\s/c(=C/Nc2ccccc2C)c(=O)n1CC. The minimum Gasteiger partial charge on any atom is -0.462 e. The first kappa shape index (κ1) is 18.5. The van der Waals surface area contributed by atoms with E-state index >= 15 is 0 Å². The summed E-state index contributed by atoms with van der Waals surface area (Å²) in [5.74, 6) is -0.716. The zero-order chi connectivity index (χ0) is 18.4. The molecule has 0 radical (unpaired) electrons. The predicted molar refractivity (Wildman–Crippen MR) is 98.4 cm³/mol. The number of anilines is 1. The van der Waals surface area contributed by atoms with Crippen LogP contribution in [0, 0.1) is 18.3 Å². The van der Waals surface area contributed by atoms with Crippen molar-refractivity contribution < 1.29 is 9.53 Å². The number of nitrogens with zero attached hydrogens (tertiary/aromatic N) is 2. The number of thiazole rings is 1. The molecule has 1 aromatic heterocycles. The summed E-state index contributed by atoms with van der Waals surface area (Å²) >= 11 is 1.09. The molecule has 0 aliphatic heterocycles. The first-order valence-electron chi connectivity index (χ1n) is 7.87. The second-order valence-corrected chi connectivity index (χ2v) is 6.16. The van der Waals surface area contributed by atoms with Crippen LogP contribution in [0.2, 0.25) is 0 Å². The van der Waals surface area contributed by atoms with Crippen LogP contribution in [0.25, 0.3) is 11.8 Å². The summed E-state index contributed by atoms with van der Waals surface area (Å²) in [7, 11) is 0. The van der Waals surface area contributed by atoms with Gasteiger partial charge in [-0.2, -0.15) is 5.26 Å². The highest BCUT2D eigenvalue weighted by atomic mass is 32.1. The topological polar surface area (TPSA) is 84.1 Å². The first-order chi connectivity index (χ1) is 12.0. The highest BCUT2D eigenvalue weighted by Gasteiger charge is 2.16. The Hall–Kier alpha value is -2.85. The van der Waals surface area contributed by atoms with Crippen LogP contribution in [-0.4, -0.2) is 17.1 Å². The molecular weight excluding hydrogens is 338 g/mol. The Kier molecular flexibility index (Phi) is 6.14. The van der Waals surface area contributed by atoms with E-state index in [-0.39, 0.29) is 17.7 Å². The van der Waals surface area contributed by atoms with E-state index in [4.69, 9.17) is 4.74 Å². The molecule has 0 aliphatic rings. The van der Waals surface area contributed by atoms with Gasteiger partial charge in [0.15, 0.2) is 5.57 Å². The molecular formula is C18H19N3O3S. The molecule has 0 fully saturated rings. The molecule has 0 spiro atoms. The Bertz CT molecular complexity index is 996. The normalized spacial score (nSPS) is 12.5. The second-order valence-electron chi connectivity index (χ2n) is 5.13. The van der Waals surface area contributed by atoms with E-state index in [2.05, 4.69) is 5.32 Å². The fourth-order valence-corrected chi connectivity index (χ4v) is 3.33. The standard InChI is InChI=1S/C18H19N3O3S/c1-4-21-16(22)15(11-20-14-9-7-6-8-12(14)3)25-17(21)13(10-19)18(23)24-5-2/h6-9,11,20H,4-5H2,1-3H3/b15-11+,17-13-. The molecule has 0 aliphatic carbocycles. The van der Waals surface area contributed by atoms with Crippen molar-refractivity contribution in [3.05, 3.63) is 49.4 Å². The minimum absolute atomic E-state index is 0.152.